The molecule has 0 radical (unpaired) electrons. The lowest BCUT2D eigenvalue weighted by atomic mass is 9.87. The Morgan fingerprint density at radius 3 is 2.65 bits per heavy atom. The minimum absolute atomic E-state index is 0.113. The number of hydrogen-bond donors (Lipinski definition) is 3. The highest BCUT2D eigenvalue weighted by Crippen LogP contribution is 2.32. The highest BCUT2D eigenvalue weighted by atomic mass is 32.2. The molecular weight excluding hydrogens is 560 g/mol. The van der Waals surface area contributed by atoms with Crippen molar-refractivity contribution in [1.82, 2.24) is 29.7 Å². The first kappa shape index (κ1) is 29.7. The Labute approximate surface area is 254 Å². The first-order chi connectivity index (χ1) is 20.6. The maximum absolute atomic E-state index is 13.2. The van der Waals surface area contributed by atoms with E-state index >= 15 is 0 Å². The molecule has 5 rings (SSSR count). The lowest BCUT2D eigenvalue weighted by molar-refractivity contribution is 0.251. The van der Waals surface area contributed by atoms with Crippen LogP contribution in [-0.2, 0) is 12.0 Å². The summed E-state index contributed by atoms with van der Waals surface area (Å²) in [5, 5.41) is 38.7. The second-order valence-electron chi connectivity index (χ2n) is 11.2. The molecule has 5 aromatic rings. The van der Waals surface area contributed by atoms with Gasteiger partial charge in [-0.2, -0.15) is 10.4 Å². The van der Waals surface area contributed by atoms with Crippen molar-refractivity contribution in [3.63, 3.8) is 0 Å². The SMILES string of the molecule is CCC(C)(C)c1cc(NC(=O)NCc2ccccc2Sc2ccc3nnc(C(C)C)n3c2)n(-c2ccc(O)c(C#N)c2)n1. The fraction of sp³-hybridized carbons (Fsp3) is 0.281. The molecule has 0 aliphatic carbocycles. The topological polar surface area (TPSA) is 133 Å². The number of urea groups is 1. The van der Waals surface area contributed by atoms with Crippen molar-refractivity contribution in [3.05, 3.63) is 89.5 Å². The monoisotopic (exact) mass is 594 g/mol. The first-order valence-corrected chi connectivity index (χ1v) is 14.9. The average molecular weight is 595 g/mol. The number of benzene rings is 2. The summed E-state index contributed by atoms with van der Waals surface area (Å²) in [6.45, 7) is 10.7. The summed E-state index contributed by atoms with van der Waals surface area (Å²) in [7, 11) is 0. The van der Waals surface area contributed by atoms with Gasteiger partial charge in [-0.1, -0.05) is 64.6 Å². The number of rotatable bonds is 9. The van der Waals surface area contributed by atoms with Crippen LogP contribution >= 0.6 is 11.8 Å². The minimum Gasteiger partial charge on any atom is -0.507 e. The summed E-state index contributed by atoms with van der Waals surface area (Å²) in [5.74, 6) is 1.49. The van der Waals surface area contributed by atoms with Crippen LogP contribution in [0.1, 0.15) is 69.6 Å². The van der Waals surface area contributed by atoms with Gasteiger partial charge in [0.25, 0.3) is 0 Å². The number of nitrogens with zero attached hydrogens (tertiary/aromatic N) is 6. The van der Waals surface area contributed by atoms with Crippen molar-refractivity contribution in [2.45, 2.75) is 68.7 Å². The maximum Gasteiger partial charge on any atom is 0.320 e. The van der Waals surface area contributed by atoms with E-state index in [-0.39, 0.29) is 22.6 Å². The number of aromatic hydroxyl groups is 1. The van der Waals surface area contributed by atoms with Crippen LogP contribution in [0.15, 0.2) is 76.7 Å². The number of fused-ring (bicyclic) bond motifs is 1. The number of carbonyl (C=O) groups excluding carboxylic acids is 1. The number of hydrogen-bond acceptors (Lipinski definition) is 7. The van der Waals surface area contributed by atoms with Crippen LogP contribution in [-0.4, -0.2) is 35.5 Å². The van der Waals surface area contributed by atoms with E-state index in [0.717, 1.165) is 38.9 Å². The van der Waals surface area contributed by atoms with Crippen molar-refractivity contribution in [2.24, 2.45) is 0 Å². The standard InChI is InChI=1S/C32H34N8O2S/c1-6-32(4,5)27-16-29(40(38-27)23-11-13-25(41)22(15-23)17-33)35-31(42)34-18-21-9-7-8-10-26(21)43-24-12-14-28-36-37-30(20(2)3)39(28)19-24/h7-16,19-20,41H,6,18H2,1-5H3,(H2,34,35,42). The van der Waals surface area contributed by atoms with E-state index in [4.69, 9.17) is 5.10 Å². The van der Waals surface area contributed by atoms with Gasteiger partial charge in [-0.25, -0.2) is 9.48 Å². The van der Waals surface area contributed by atoms with Crippen LogP contribution in [0.25, 0.3) is 11.3 Å². The van der Waals surface area contributed by atoms with Crippen molar-refractivity contribution in [3.8, 4) is 17.5 Å². The number of nitrogens with one attached hydrogen (secondary N) is 2. The highest BCUT2D eigenvalue weighted by Gasteiger charge is 2.25. The van der Waals surface area contributed by atoms with E-state index in [1.54, 1.807) is 28.6 Å². The van der Waals surface area contributed by atoms with Crippen molar-refractivity contribution in [1.29, 1.82) is 5.26 Å². The van der Waals surface area contributed by atoms with Gasteiger partial charge in [0.05, 0.1) is 16.9 Å². The molecule has 0 bridgehead atoms. The summed E-state index contributed by atoms with van der Waals surface area (Å²) in [4.78, 5) is 15.2. The summed E-state index contributed by atoms with van der Waals surface area (Å²) >= 11 is 1.61. The van der Waals surface area contributed by atoms with Crippen LogP contribution in [0.4, 0.5) is 10.6 Å². The molecule has 0 fully saturated rings. The molecule has 3 aromatic heterocycles. The zero-order valence-electron chi connectivity index (χ0n) is 24.8. The number of pyridine rings is 1. The van der Waals surface area contributed by atoms with E-state index in [2.05, 4.69) is 55.4 Å². The molecule has 3 heterocycles. The Morgan fingerprint density at radius 2 is 1.91 bits per heavy atom. The van der Waals surface area contributed by atoms with Gasteiger partial charge in [-0.3, -0.25) is 9.72 Å². The minimum atomic E-state index is -0.395. The lowest BCUT2D eigenvalue weighted by Crippen LogP contribution is -2.29. The zero-order valence-corrected chi connectivity index (χ0v) is 25.6. The molecule has 2 aromatic carbocycles. The van der Waals surface area contributed by atoms with Gasteiger partial charge in [-0.05, 0) is 48.4 Å². The third-order valence-corrected chi connectivity index (χ3v) is 8.53. The second-order valence-corrected chi connectivity index (χ2v) is 12.3. The van der Waals surface area contributed by atoms with E-state index in [9.17, 15) is 15.2 Å². The number of carbonyl (C=O) groups is 1. The van der Waals surface area contributed by atoms with E-state index in [1.807, 2.05) is 59.1 Å². The number of phenolic OH excluding ortho intramolecular Hbond substituents is 1. The molecule has 0 saturated heterocycles. The lowest BCUT2D eigenvalue weighted by Gasteiger charge is -2.19. The summed E-state index contributed by atoms with van der Waals surface area (Å²) in [5.41, 5.74) is 3.00. The number of aromatic nitrogens is 5. The Bertz CT molecular complexity index is 1830. The molecule has 0 unspecified atom stereocenters. The molecule has 11 heteroatoms. The van der Waals surface area contributed by atoms with Gasteiger partial charge in [0.2, 0.25) is 0 Å². The quantitative estimate of drug-likeness (QED) is 0.171. The summed E-state index contributed by atoms with van der Waals surface area (Å²) < 4.78 is 3.61. The predicted octanol–water partition coefficient (Wildman–Crippen LogP) is 6.78. The van der Waals surface area contributed by atoms with Gasteiger partial charge in [-0.15, -0.1) is 10.2 Å². The molecule has 10 nitrogen and oxygen atoms in total. The molecule has 2 amide bonds. The zero-order chi connectivity index (χ0) is 30.7. The number of nitriles is 1. The molecule has 0 saturated carbocycles. The van der Waals surface area contributed by atoms with Gasteiger partial charge >= 0.3 is 6.03 Å². The molecular formula is C32H34N8O2S. The smallest absolute Gasteiger partial charge is 0.320 e. The Morgan fingerprint density at radius 1 is 1.12 bits per heavy atom. The normalized spacial score (nSPS) is 11.6. The predicted molar refractivity (Wildman–Crippen MR) is 167 cm³/mol. The van der Waals surface area contributed by atoms with E-state index < -0.39 is 6.03 Å². The van der Waals surface area contributed by atoms with Gasteiger partial charge in [0.1, 0.15) is 23.5 Å². The molecule has 0 aliphatic rings. The van der Waals surface area contributed by atoms with Crippen LogP contribution in [0.5, 0.6) is 5.75 Å². The van der Waals surface area contributed by atoms with Gasteiger partial charge in [0.15, 0.2) is 5.65 Å². The molecule has 0 atom stereocenters. The van der Waals surface area contributed by atoms with Crippen LogP contribution in [0.2, 0.25) is 0 Å². The first-order valence-electron chi connectivity index (χ1n) is 14.1. The summed E-state index contributed by atoms with van der Waals surface area (Å²) in [6.07, 6.45) is 2.88. The molecule has 0 spiro atoms. The third-order valence-electron chi connectivity index (χ3n) is 7.43. The summed E-state index contributed by atoms with van der Waals surface area (Å²) in [6, 6.07) is 20.0. The van der Waals surface area contributed by atoms with Crippen molar-refractivity contribution in [2.75, 3.05) is 5.32 Å². The van der Waals surface area contributed by atoms with Crippen molar-refractivity contribution < 1.29 is 9.90 Å². The molecule has 43 heavy (non-hydrogen) atoms. The van der Waals surface area contributed by atoms with Gasteiger partial charge < -0.3 is 10.4 Å². The fourth-order valence-electron chi connectivity index (χ4n) is 4.48. The number of anilines is 1. The average Bonchev–Trinajstić information content (AvgIpc) is 3.62. The largest absolute Gasteiger partial charge is 0.507 e. The third kappa shape index (κ3) is 6.34. The second kappa shape index (κ2) is 12.2. The Kier molecular flexibility index (Phi) is 8.41. The molecule has 0 aliphatic heterocycles. The fourth-order valence-corrected chi connectivity index (χ4v) is 5.45. The van der Waals surface area contributed by atoms with Crippen LogP contribution in [0.3, 0.4) is 0 Å². The van der Waals surface area contributed by atoms with Crippen molar-refractivity contribution >= 4 is 29.3 Å². The molecule has 220 valence electrons. The Hall–Kier alpha value is -4.82. The highest BCUT2D eigenvalue weighted by molar-refractivity contribution is 7.99. The van der Waals surface area contributed by atoms with Crippen LogP contribution in [0, 0.1) is 11.3 Å². The number of amides is 2. The van der Waals surface area contributed by atoms with Gasteiger partial charge in [0, 0.05) is 39.9 Å². The van der Waals surface area contributed by atoms with Crippen LogP contribution < -0.4 is 10.6 Å². The molecule has 3 N–H and O–H groups in total. The van der Waals surface area contributed by atoms with E-state index in [0.29, 0.717) is 18.1 Å². The number of phenols is 1. The van der Waals surface area contributed by atoms with E-state index in [1.165, 1.54) is 6.07 Å². The Balaban J connectivity index is 1.35. The maximum atomic E-state index is 13.2.